The van der Waals surface area contributed by atoms with E-state index in [1.165, 1.54) is 11.8 Å². The number of carbonyl (C=O) groups excluding carboxylic acids is 1. The highest BCUT2D eigenvalue weighted by Crippen LogP contribution is 2.32. The number of halogens is 2. The second-order valence-corrected chi connectivity index (χ2v) is 8.56. The predicted octanol–water partition coefficient (Wildman–Crippen LogP) is 5.09. The number of thioether (sulfide) groups is 1. The van der Waals surface area contributed by atoms with Gasteiger partial charge < -0.3 is 9.80 Å². The predicted molar refractivity (Wildman–Crippen MR) is 119 cm³/mol. The summed E-state index contributed by atoms with van der Waals surface area (Å²) in [6.45, 7) is 5.34. The summed E-state index contributed by atoms with van der Waals surface area (Å²) >= 11 is 13.9. The number of rotatable bonds is 2. The fraction of sp³-hybridized carbons (Fsp3) is 0.238. The third-order valence-corrected chi connectivity index (χ3v) is 6.67. The Morgan fingerprint density at radius 3 is 2.43 bits per heavy atom. The van der Waals surface area contributed by atoms with Gasteiger partial charge in [-0.2, -0.15) is 4.99 Å². The van der Waals surface area contributed by atoms with Gasteiger partial charge in [0.2, 0.25) is 0 Å². The van der Waals surface area contributed by atoms with Crippen molar-refractivity contribution in [2.24, 2.45) is 4.99 Å². The minimum Gasteiger partial charge on any atom is -0.368 e. The van der Waals surface area contributed by atoms with Crippen molar-refractivity contribution in [2.75, 3.05) is 31.1 Å². The van der Waals surface area contributed by atoms with E-state index < -0.39 is 0 Å². The zero-order valence-corrected chi connectivity index (χ0v) is 17.7. The molecule has 0 spiro atoms. The lowest BCUT2D eigenvalue weighted by molar-refractivity contribution is -0.113. The molecule has 1 fully saturated rings. The highest BCUT2D eigenvalue weighted by atomic mass is 35.5. The van der Waals surface area contributed by atoms with Crippen LogP contribution in [0.15, 0.2) is 52.4 Å². The summed E-state index contributed by atoms with van der Waals surface area (Å²) < 4.78 is 0. The second kappa shape index (κ2) is 8.19. The summed E-state index contributed by atoms with van der Waals surface area (Å²) in [5.74, 6) is -0.201. The van der Waals surface area contributed by atoms with E-state index in [-0.39, 0.29) is 5.91 Å². The molecule has 2 aromatic rings. The molecule has 0 radical (unpaired) electrons. The lowest BCUT2D eigenvalue weighted by Gasteiger charge is -2.36. The molecular weight excluding hydrogens is 413 g/mol. The Labute approximate surface area is 178 Å². The van der Waals surface area contributed by atoms with Gasteiger partial charge in [-0.05, 0) is 54.1 Å². The molecule has 1 saturated heterocycles. The Balaban J connectivity index is 1.41. The number of hydrogen-bond donors (Lipinski definition) is 0. The Hall–Kier alpha value is -1.95. The van der Waals surface area contributed by atoms with Crippen molar-refractivity contribution in [3.63, 3.8) is 0 Å². The molecular formula is C21H19Cl2N3OS. The number of aryl methyl sites for hydroxylation is 1. The maximum absolute atomic E-state index is 12.3. The quantitative estimate of drug-likeness (QED) is 0.619. The minimum atomic E-state index is -0.201. The van der Waals surface area contributed by atoms with Crippen molar-refractivity contribution in [3.8, 4) is 0 Å². The van der Waals surface area contributed by atoms with Crippen LogP contribution in [0.25, 0.3) is 6.08 Å². The smallest absolute Gasteiger partial charge is 0.286 e. The van der Waals surface area contributed by atoms with Gasteiger partial charge in [-0.25, -0.2) is 0 Å². The molecule has 0 N–H and O–H groups in total. The topological polar surface area (TPSA) is 35.9 Å². The number of aliphatic imine (C=N–C) groups is 1. The first-order chi connectivity index (χ1) is 13.5. The molecule has 0 unspecified atom stereocenters. The number of amidine groups is 1. The summed E-state index contributed by atoms with van der Waals surface area (Å²) in [7, 11) is 0. The van der Waals surface area contributed by atoms with E-state index in [2.05, 4.69) is 20.9 Å². The van der Waals surface area contributed by atoms with Crippen LogP contribution >= 0.6 is 35.0 Å². The molecule has 2 aromatic carbocycles. The molecule has 2 heterocycles. The first-order valence-electron chi connectivity index (χ1n) is 9.04. The van der Waals surface area contributed by atoms with Gasteiger partial charge in [0.15, 0.2) is 5.17 Å². The van der Waals surface area contributed by atoms with Gasteiger partial charge in [0, 0.05) is 41.9 Å². The number of benzene rings is 2. The van der Waals surface area contributed by atoms with Crippen LogP contribution < -0.4 is 4.90 Å². The first kappa shape index (κ1) is 19.4. The first-order valence-corrected chi connectivity index (χ1v) is 10.6. The lowest BCUT2D eigenvalue weighted by Crippen LogP contribution is -2.47. The number of anilines is 1. The maximum atomic E-state index is 12.3. The number of carbonyl (C=O) groups is 1. The molecule has 0 aliphatic carbocycles. The van der Waals surface area contributed by atoms with E-state index >= 15 is 0 Å². The average molecular weight is 432 g/mol. The fourth-order valence-electron chi connectivity index (χ4n) is 3.20. The molecule has 2 aliphatic rings. The summed E-state index contributed by atoms with van der Waals surface area (Å²) in [6.07, 6.45) is 1.82. The monoisotopic (exact) mass is 431 g/mol. The van der Waals surface area contributed by atoms with Gasteiger partial charge >= 0.3 is 0 Å². The van der Waals surface area contributed by atoms with Gasteiger partial charge in [-0.3, -0.25) is 4.79 Å². The molecule has 0 atom stereocenters. The molecule has 4 rings (SSSR count). The summed E-state index contributed by atoms with van der Waals surface area (Å²) in [5, 5.41) is 2.18. The molecule has 0 saturated carbocycles. The van der Waals surface area contributed by atoms with Gasteiger partial charge in [0.25, 0.3) is 5.91 Å². The Bertz CT molecular complexity index is 981. The van der Waals surface area contributed by atoms with Gasteiger partial charge in [-0.15, -0.1) is 0 Å². The van der Waals surface area contributed by atoms with Gasteiger partial charge in [-0.1, -0.05) is 47.5 Å². The molecule has 0 aromatic heterocycles. The van der Waals surface area contributed by atoms with Crippen LogP contribution in [0.5, 0.6) is 0 Å². The van der Waals surface area contributed by atoms with Crippen molar-refractivity contribution >= 4 is 57.8 Å². The third-order valence-electron chi connectivity index (χ3n) is 4.87. The number of hydrogen-bond acceptors (Lipinski definition) is 4. The number of piperazine rings is 1. The molecule has 4 nitrogen and oxygen atoms in total. The molecule has 28 heavy (non-hydrogen) atoms. The van der Waals surface area contributed by atoms with Crippen molar-refractivity contribution in [1.29, 1.82) is 0 Å². The molecule has 1 amide bonds. The zero-order chi connectivity index (χ0) is 19.7. The maximum Gasteiger partial charge on any atom is 0.286 e. The van der Waals surface area contributed by atoms with Crippen molar-refractivity contribution in [2.45, 2.75) is 6.92 Å². The van der Waals surface area contributed by atoms with Crippen LogP contribution in [-0.4, -0.2) is 42.2 Å². The zero-order valence-electron chi connectivity index (χ0n) is 15.4. The Morgan fingerprint density at radius 2 is 1.71 bits per heavy atom. The fourth-order valence-corrected chi connectivity index (χ4v) is 4.52. The van der Waals surface area contributed by atoms with Crippen molar-refractivity contribution in [1.82, 2.24) is 4.90 Å². The van der Waals surface area contributed by atoms with E-state index in [4.69, 9.17) is 23.2 Å². The van der Waals surface area contributed by atoms with Gasteiger partial charge in [0.1, 0.15) is 0 Å². The molecule has 7 heteroatoms. The van der Waals surface area contributed by atoms with Gasteiger partial charge in [0.05, 0.1) is 4.91 Å². The van der Waals surface area contributed by atoms with E-state index in [1.54, 1.807) is 0 Å². The lowest BCUT2D eigenvalue weighted by atomic mass is 10.2. The summed E-state index contributed by atoms with van der Waals surface area (Å²) in [4.78, 5) is 21.7. The van der Waals surface area contributed by atoms with E-state index in [0.29, 0.717) is 9.93 Å². The van der Waals surface area contributed by atoms with Crippen LogP contribution in [0.3, 0.4) is 0 Å². The second-order valence-electron chi connectivity index (χ2n) is 6.74. The number of amides is 1. The SMILES string of the molecule is Cc1ccc(N2CCN(C3=NC(=O)C(=Cc4ccccc4Cl)S3)CC2)cc1Cl. The largest absolute Gasteiger partial charge is 0.368 e. The number of nitrogens with zero attached hydrogens (tertiary/aromatic N) is 3. The van der Waals surface area contributed by atoms with Crippen LogP contribution in [0.1, 0.15) is 11.1 Å². The Morgan fingerprint density at radius 1 is 1.00 bits per heavy atom. The normalized spacial score (nSPS) is 18.8. The third kappa shape index (κ3) is 4.07. The van der Waals surface area contributed by atoms with Crippen LogP contribution in [-0.2, 0) is 4.79 Å². The van der Waals surface area contributed by atoms with E-state index in [1.807, 2.05) is 49.4 Å². The van der Waals surface area contributed by atoms with Crippen LogP contribution in [0, 0.1) is 6.92 Å². The van der Waals surface area contributed by atoms with E-state index in [9.17, 15) is 4.79 Å². The summed E-state index contributed by atoms with van der Waals surface area (Å²) in [5.41, 5.74) is 3.04. The van der Waals surface area contributed by atoms with Crippen LogP contribution in [0.2, 0.25) is 10.0 Å². The standard InChI is InChI=1S/C21H19Cl2N3OS/c1-14-6-7-16(13-18(14)23)25-8-10-26(11-9-25)21-24-20(27)19(28-21)12-15-4-2-3-5-17(15)22/h2-7,12-13H,8-11H2,1H3. The Kier molecular flexibility index (Phi) is 5.67. The summed E-state index contributed by atoms with van der Waals surface area (Å²) in [6, 6.07) is 13.7. The molecule has 0 bridgehead atoms. The highest BCUT2D eigenvalue weighted by Gasteiger charge is 2.28. The average Bonchev–Trinajstić information content (AvgIpc) is 3.06. The van der Waals surface area contributed by atoms with Crippen molar-refractivity contribution in [3.05, 3.63) is 68.5 Å². The molecule has 2 aliphatic heterocycles. The molecule has 144 valence electrons. The minimum absolute atomic E-state index is 0.201. The van der Waals surface area contributed by atoms with E-state index in [0.717, 1.165) is 53.2 Å². The highest BCUT2D eigenvalue weighted by molar-refractivity contribution is 8.18. The van der Waals surface area contributed by atoms with Crippen LogP contribution in [0.4, 0.5) is 5.69 Å². The van der Waals surface area contributed by atoms with Crippen molar-refractivity contribution < 1.29 is 4.79 Å².